The zero-order chi connectivity index (χ0) is 14.0. The fraction of sp³-hybridized carbons (Fsp3) is 0.583. The van der Waals surface area contributed by atoms with E-state index in [1.165, 1.54) is 0 Å². The Kier molecular flexibility index (Phi) is 4.78. The molecule has 1 unspecified atom stereocenters. The van der Waals surface area contributed by atoms with Crippen LogP contribution < -0.4 is 0 Å². The van der Waals surface area contributed by atoms with Crippen molar-refractivity contribution in [1.29, 1.82) is 0 Å². The fourth-order valence-electron chi connectivity index (χ4n) is 1.89. The second-order valence-corrected chi connectivity index (χ2v) is 6.30. The predicted octanol–water partition coefficient (Wildman–Crippen LogP) is 3.23. The molecule has 2 heterocycles. The van der Waals surface area contributed by atoms with Gasteiger partial charge in [0.1, 0.15) is 0 Å². The van der Waals surface area contributed by atoms with Crippen LogP contribution in [0.4, 0.5) is 0 Å². The Morgan fingerprint density at radius 2 is 2.11 bits per heavy atom. The molecule has 104 valence electrons. The van der Waals surface area contributed by atoms with E-state index >= 15 is 0 Å². The first kappa shape index (κ1) is 14.7. The number of alkyl halides is 1. The lowest BCUT2D eigenvalue weighted by molar-refractivity contribution is 0.597. The highest BCUT2D eigenvalue weighted by Crippen LogP contribution is 2.25. The summed E-state index contributed by atoms with van der Waals surface area (Å²) in [6.07, 6.45) is 3.89. The van der Waals surface area contributed by atoms with Gasteiger partial charge >= 0.3 is 0 Å². The van der Waals surface area contributed by atoms with E-state index in [0.717, 1.165) is 34.4 Å². The van der Waals surface area contributed by atoms with Crippen molar-refractivity contribution in [1.82, 2.24) is 24.8 Å². The van der Waals surface area contributed by atoms with Crippen molar-refractivity contribution in [3.8, 4) is 0 Å². The molecule has 0 aliphatic heterocycles. The summed E-state index contributed by atoms with van der Waals surface area (Å²) < 4.78 is 4.82. The first-order valence-corrected chi connectivity index (χ1v) is 8.02. The lowest BCUT2D eigenvalue weighted by atomic mass is 10.3. The first-order chi connectivity index (χ1) is 9.06. The van der Waals surface area contributed by atoms with Crippen molar-refractivity contribution in [2.24, 2.45) is 7.05 Å². The fourth-order valence-corrected chi connectivity index (χ4v) is 2.84. The van der Waals surface area contributed by atoms with E-state index in [9.17, 15) is 0 Å². The molecule has 0 saturated carbocycles. The highest BCUT2D eigenvalue weighted by molar-refractivity contribution is 9.10. The van der Waals surface area contributed by atoms with Gasteiger partial charge in [-0.3, -0.25) is 4.68 Å². The van der Waals surface area contributed by atoms with Gasteiger partial charge in [-0.15, -0.1) is 5.10 Å². The molecule has 0 amide bonds. The first-order valence-electron chi connectivity index (χ1n) is 6.31. The molecule has 0 aromatic carbocycles. The topological polar surface area (TPSA) is 48.5 Å². The summed E-state index contributed by atoms with van der Waals surface area (Å²) in [6.45, 7) is 4.88. The minimum atomic E-state index is 0.266. The van der Waals surface area contributed by atoms with Crippen molar-refractivity contribution in [2.45, 2.75) is 38.1 Å². The molecular weight excluding hydrogens is 374 g/mol. The number of halogens is 2. The molecule has 0 aliphatic rings. The molecule has 0 radical (unpaired) electrons. The smallest absolute Gasteiger partial charge is 0.0963 e. The van der Waals surface area contributed by atoms with Crippen LogP contribution in [-0.4, -0.2) is 24.8 Å². The van der Waals surface area contributed by atoms with Crippen LogP contribution in [-0.2, 0) is 20.0 Å². The van der Waals surface area contributed by atoms with Crippen LogP contribution in [0.1, 0.15) is 42.2 Å². The van der Waals surface area contributed by atoms with E-state index in [2.05, 4.69) is 61.1 Å². The summed E-state index contributed by atoms with van der Waals surface area (Å²) in [5, 5.41) is 12.8. The van der Waals surface area contributed by atoms with E-state index < -0.39 is 0 Å². The maximum Gasteiger partial charge on any atom is 0.0963 e. The quantitative estimate of drug-likeness (QED) is 0.736. The lowest BCUT2D eigenvalue weighted by Crippen LogP contribution is -2.06. The molecular formula is C12H17Br2N5. The summed E-state index contributed by atoms with van der Waals surface area (Å²) in [5.41, 5.74) is 3.15. The number of aromatic nitrogens is 5. The third-order valence-corrected chi connectivity index (χ3v) is 5.08. The number of nitrogens with zero attached hydrogens (tertiary/aromatic N) is 5. The highest BCUT2D eigenvalue weighted by Gasteiger charge is 2.15. The van der Waals surface area contributed by atoms with Crippen LogP contribution in [0.3, 0.4) is 0 Å². The SMILES string of the molecule is CCc1nn(C)c(Cn2cc(C(Br)CC)nn2)c1Br. The monoisotopic (exact) mass is 389 g/mol. The second-order valence-electron chi connectivity index (χ2n) is 4.40. The van der Waals surface area contributed by atoms with Crippen LogP contribution in [0.25, 0.3) is 0 Å². The van der Waals surface area contributed by atoms with Gasteiger partial charge in [-0.2, -0.15) is 5.10 Å². The average molecular weight is 391 g/mol. The Hall–Kier alpha value is -0.690. The predicted molar refractivity (Wildman–Crippen MR) is 81.4 cm³/mol. The molecule has 0 bridgehead atoms. The molecule has 0 aliphatic carbocycles. The Labute approximate surface area is 129 Å². The van der Waals surface area contributed by atoms with E-state index in [0.29, 0.717) is 6.54 Å². The Morgan fingerprint density at radius 3 is 2.68 bits per heavy atom. The van der Waals surface area contributed by atoms with Gasteiger partial charge < -0.3 is 0 Å². The summed E-state index contributed by atoms with van der Waals surface area (Å²) in [7, 11) is 1.95. The van der Waals surface area contributed by atoms with Gasteiger partial charge in [-0.1, -0.05) is 35.0 Å². The van der Waals surface area contributed by atoms with Crippen molar-refractivity contribution in [3.05, 3.63) is 27.8 Å². The van der Waals surface area contributed by atoms with Crippen LogP contribution in [0.15, 0.2) is 10.7 Å². The van der Waals surface area contributed by atoms with Crippen molar-refractivity contribution >= 4 is 31.9 Å². The summed E-state index contributed by atoms with van der Waals surface area (Å²) in [4.78, 5) is 0.266. The van der Waals surface area contributed by atoms with Crippen molar-refractivity contribution in [2.75, 3.05) is 0 Å². The lowest BCUT2D eigenvalue weighted by Gasteiger charge is -2.03. The Balaban J connectivity index is 2.22. The van der Waals surface area contributed by atoms with Crippen LogP contribution >= 0.6 is 31.9 Å². The van der Waals surface area contributed by atoms with E-state index in [4.69, 9.17) is 0 Å². The zero-order valence-corrected chi connectivity index (χ0v) is 14.4. The summed E-state index contributed by atoms with van der Waals surface area (Å²) in [5.74, 6) is 0. The van der Waals surface area contributed by atoms with Gasteiger partial charge in [-0.05, 0) is 28.8 Å². The molecule has 7 heteroatoms. The number of hydrogen-bond donors (Lipinski definition) is 0. The second kappa shape index (κ2) is 6.17. The molecule has 0 N–H and O–H groups in total. The van der Waals surface area contributed by atoms with Gasteiger partial charge in [0.05, 0.1) is 39.1 Å². The molecule has 2 aromatic rings. The molecule has 2 aromatic heterocycles. The molecule has 0 saturated heterocycles. The standard InChI is InChI=1S/C12H17Br2N5/c1-4-8(13)10-6-19(17-15-10)7-11-12(14)9(5-2)16-18(11)3/h6,8H,4-5,7H2,1-3H3. The number of hydrogen-bond acceptors (Lipinski definition) is 3. The third kappa shape index (κ3) is 3.08. The zero-order valence-electron chi connectivity index (χ0n) is 11.3. The van der Waals surface area contributed by atoms with E-state index in [-0.39, 0.29) is 4.83 Å². The van der Waals surface area contributed by atoms with Gasteiger partial charge in [0.15, 0.2) is 0 Å². The van der Waals surface area contributed by atoms with Crippen LogP contribution in [0.5, 0.6) is 0 Å². The molecule has 0 spiro atoms. The van der Waals surface area contributed by atoms with E-state index in [1.54, 1.807) is 0 Å². The van der Waals surface area contributed by atoms with Crippen molar-refractivity contribution in [3.63, 3.8) is 0 Å². The minimum absolute atomic E-state index is 0.266. The van der Waals surface area contributed by atoms with Crippen LogP contribution in [0.2, 0.25) is 0 Å². The van der Waals surface area contributed by atoms with Crippen LogP contribution in [0, 0.1) is 0 Å². The maximum atomic E-state index is 4.48. The third-order valence-electron chi connectivity index (χ3n) is 3.05. The average Bonchev–Trinajstić information content (AvgIpc) is 2.98. The maximum absolute atomic E-state index is 4.48. The van der Waals surface area contributed by atoms with Gasteiger partial charge in [-0.25, -0.2) is 4.68 Å². The molecule has 2 rings (SSSR count). The highest BCUT2D eigenvalue weighted by atomic mass is 79.9. The minimum Gasteiger partial charge on any atom is -0.269 e. The molecule has 0 fully saturated rings. The number of rotatable bonds is 5. The summed E-state index contributed by atoms with van der Waals surface area (Å²) in [6, 6.07) is 0. The molecule has 1 atom stereocenters. The van der Waals surface area contributed by atoms with Crippen molar-refractivity contribution < 1.29 is 0 Å². The summed E-state index contributed by atoms with van der Waals surface area (Å²) >= 11 is 7.20. The van der Waals surface area contributed by atoms with E-state index in [1.807, 2.05) is 22.6 Å². The van der Waals surface area contributed by atoms with Gasteiger partial charge in [0, 0.05) is 7.05 Å². The largest absolute Gasteiger partial charge is 0.269 e. The Bertz CT molecular complexity index is 560. The molecule has 19 heavy (non-hydrogen) atoms. The molecule has 5 nitrogen and oxygen atoms in total. The van der Waals surface area contributed by atoms with Gasteiger partial charge in [0.2, 0.25) is 0 Å². The Morgan fingerprint density at radius 1 is 1.37 bits per heavy atom. The normalized spacial score (nSPS) is 12.9. The number of aryl methyl sites for hydroxylation is 2. The van der Waals surface area contributed by atoms with Gasteiger partial charge in [0.25, 0.3) is 0 Å².